The topological polar surface area (TPSA) is 62.5 Å². The smallest absolute Gasteiger partial charge is 0.266 e. The summed E-state index contributed by atoms with van der Waals surface area (Å²) in [7, 11) is 1.85. The molecule has 0 spiro atoms. The standard InChI is InChI=1S/C22H22F3N5O/c1-12-8-30-9-14(18-10-29(3)11-26-18)7-17(21(30)27-12)22(31)28-13(2)15-5-4-6-16(19(15)23)20(24)25/h4-7,9-13,20H,8H2,1-3H3,(H,28,31)/t12-,13-/m1/s1. The van der Waals surface area contributed by atoms with E-state index in [4.69, 9.17) is 0 Å². The first-order valence-corrected chi connectivity index (χ1v) is 9.88. The van der Waals surface area contributed by atoms with Crippen LogP contribution in [-0.4, -0.2) is 38.8 Å². The number of rotatable bonds is 5. The molecule has 1 aromatic carbocycles. The van der Waals surface area contributed by atoms with Crippen LogP contribution in [-0.2, 0) is 11.8 Å². The van der Waals surface area contributed by atoms with Crippen LogP contribution in [0.4, 0.5) is 13.2 Å². The normalized spacial score (nSPS) is 19.0. The molecule has 4 rings (SSSR count). The highest BCUT2D eigenvalue weighted by molar-refractivity contribution is 6.24. The Morgan fingerprint density at radius 2 is 2.03 bits per heavy atom. The van der Waals surface area contributed by atoms with Crippen molar-refractivity contribution in [3.63, 3.8) is 0 Å². The quantitative estimate of drug-likeness (QED) is 0.787. The molecule has 9 heteroatoms. The number of aromatic nitrogens is 2. The third-order valence-electron chi connectivity index (χ3n) is 5.26. The summed E-state index contributed by atoms with van der Waals surface area (Å²) >= 11 is 0. The maximum atomic E-state index is 14.5. The van der Waals surface area contributed by atoms with Gasteiger partial charge in [-0.2, -0.15) is 0 Å². The minimum absolute atomic E-state index is 0.00151. The minimum Gasteiger partial charge on any atom is -0.345 e. The van der Waals surface area contributed by atoms with Crippen molar-refractivity contribution < 1.29 is 18.0 Å². The third kappa shape index (κ3) is 3.99. The molecule has 0 saturated carbocycles. The molecule has 0 fully saturated rings. The molecule has 2 atom stereocenters. The Labute approximate surface area is 177 Å². The van der Waals surface area contributed by atoms with Crippen LogP contribution >= 0.6 is 0 Å². The molecule has 162 valence electrons. The molecule has 6 nitrogen and oxygen atoms in total. The van der Waals surface area contributed by atoms with E-state index in [1.54, 1.807) is 23.9 Å². The van der Waals surface area contributed by atoms with Crippen LogP contribution in [0.15, 0.2) is 53.6 Å². The number of fused-ring (bicyclic) bond motifs is 1. The first-order chi connectivity index (χ1) is 14.7. The van der Waals surface area contributed by atoms with Crippen LogP contribution in [0.2, 0.25) is 0 Å². The number of alkyl halides is 2. The molecule has 0 bridgehead atoms. The number of aliphatic imine (C=N–C) groups is 1. The molecule has 1 aromatic heterocycles. The number of halogens is 3. The molecule has 0 unspecified atom stereocenters. The maximum absolute atomic E-state index is 14.5. The van der Waals surface area contributed by atoms with Gasteiger partial charge in [-0.15, -0.1) is 0 Å². The number of amides is 1. The molecule has 0 saturated heterocycles. The lowest BCUT2D eigenvalue weighted by Crippen LogP contribution is -2.37. The van der Waals surface area contributed by atoms with E-state index in [9.17, 15) is 18.0 Å². The zero-order valence-corrected chi connectivity index (χ0v) is 17.3. The Balaban J connectivity index is 1.63. The summed E-state index contributed by atoms with van der Waals surface area (Å²) in [5, 5.41) is 2.73. The Morgan fingerprint density at radius 1 is 1.29 bits per heavy atom. The van der Waals surface area contributed by atoms with Crippen LogP contribution in [0.5, 0.6) is 0 Å². The molecule has 0 radical (unpaired) electrons. The van der Waals surface area contributed by atoms with E-state index >= 15 is 0 Å². The fraction of sp³-hybridized carbons (Fsp3) is 0.318. The highest BCUT2D eigenvalue weighted by Gasteiger charge is 2.32. The summed E-state index contributed by atoms with van der Waals surface area (Å²) in [5.41, 5.74) is 1.09. The number of benzene rings is 1. The zero-order valence-electron chi connectivity index (χ0n) is 17.3. The molecule has 0 aliphatic carbocycles. The van der Waals surface area contributed by atoms with Gasteiger partial charge >= 0.3 is 0 Å². The lowest BCUT2D eigenvalue weighted by Gasteiger charge is -2.24. The number of aryl methyl sites for hydroxylation is 1. The first kappa shape index (κ1) is 20.9. The summed E-state index contributed by atoms with van der Waals surface area (Å²) < 4.78 is 42.4. The van der Waals surface area contributed by atoms with Crippen molar-refractivity contribution in [3.05, 3.63) is 71.2 Å². The van der Waals surface area contributed by atoms with Gasteiger partial charge in [0.2, 0.25) is 0 Å². The van der Waals surface area contributed by atoms with Crippen LogP contribution in [0.1, 0.15) is 43.1 Å². The second kappa shape index (κ2) is 8.05. The fourth-order valence-corrected chi connectivity index (χ4v) is 3.75. The zero-order chi connectivity index (χ0) is 22.3. The van der Waals surface area contributed by atoms with Crippen molar-refractivity contribution in [2.45, 2.75) is 32.4 Å². The highest BCUT2D eigenvalue weighted by Crippen LogP contribution is 2.30. The van der Waals surface area contributed by atoms with Gasteiger partial charge in [0, 0.05) is 37.1 Å². The van der Waals surface area contributed by atoms with Gasteiger partial charge in [-0.05, 0) is 19.9 Å². The van der Waals surface area contributed by atoms with Crippen LogP contribution in [0.3, 0.4) is 0 Å². The van der Waals surface area contributed by atoms with Gasteiger partial charge in [-0.1, -0.05) is 18.2 Å². The molecule has 31 heavy (non-hydrogen) atoms. The number of nitrogens with one attached hydrogen (secondary N) is 1. The number of carbonyl (C=O) groups excluding carboxylic acids is 1. The molecule has 2 aliphatic rings. The van der Waals surface area contributed by atoms with Crippen LogP contribution < -0.4 is 5.32 Å². The average molecular weight is 429 g/mol. The van der Waals surface area contributed by atoms with Crippen LogP contribution in [0, 0.1) is 5.82 Å². The van der Waals surface area contributed by atoms with Gasteiger partial charge in [0.1, 0.15) is 11.7 Å². The van der Waals surface area contributed by atoms with E-state index in [1.807, 2.05) is 31.3 Å². The van der Waals surface area contributed by atoms with Gasteiger partial charge in [-0.25, -0.2) is 18.2 Å². The predicted molar refractivity (Wildman–Crippen MR) is 111 cm³/mol. The summed E-state index contributed by atoms with van der Waals surface area (Å²) in [4.78, 5) is 23.9. The second-order valence-electron chi connectivity index (χ2n) is 7.77. The largest absolute Gasteiger partial charge is 0.345 e. The molecule has 1 amide bonds. The third-order valence-corrected chi connectivity index (χ3v) is 5.26. The summed E-state index contributed by atoms with van der Waals surface area (Å²) in [6.07, 6.45) is 4.17. The van der Waals surface area contributed by atoms with Gasteiger partial charge in [-0.3, -0.25) is 9.79 Å². The number of amidine groups is 1. The Bertz CT molecular complexity index is 1120. The lowest BCUT2D eigenvalue weighted by molar-refractivity contribution is -0.117. The van der Waals surface area contributed by atoms with Gasteiger partial charge < -0.3 is 14.8 Å². The Kier molecular flexibility index (Phi) is 5.43. The van der Waals surface area contributed by atoms with Gasteiger partial charge in [0.15, 0.2) is 0 Å². The minimum atomic E-state index is -2.93. The van der Waals surface area contributed by atoms with Crippen molar-refractivity contribution >= 4 is 17.3 Å². The molecular formula is C22H22F3N5O. The number of imidazole rings is 1. The predicted octanol–water partition coefficient (Wildman–Crippen LogP) is 3.76. The van der Waals surface area contributed by atoms with E-state index in [1.165, 1.54) is 12.1 Å². The van der Waals surface area contributed by atoms with Crippen molar-refractivity contribution in [1.29, 1.82) is 0 Å². The van der Waals surface area contributed by atoms with E-state index in [0.717, 1.165) is 11.6 Å². The molecule has 3 heterocycles. The number of nitrogens with zero attached hydrogens (tertiary/aromatic N) is 4. The SMILES string of the molecule is C[C@@H]1CN2C=C(c3cn(C)cn3)C=C(C(=O)N[C@H](C)c3cccc(C(F)F)c3F)C2=N1. The second-order valence-corrected chi connectivity index (χ2v) is 7.77. The Hall–Kier alpha value is -3.36. The van der Waals surface area contributed by atoms with Crippen molar-refractivity contribution in [3.8, 4) is 0 Å². The average Bonchev–Trinajstić information content (AvgIpc) is 3.31. The monoisotopic (exact) mass is 429 g/mol. The summed E-state index contributed by atoms with van der Waals surface area (Å²) in [6.45, 7) is 4.13. The van der Waals surface area contributed by atoms with E-state index < -0.39 is 29.8 Å². The van der Waals surface area contributed by atoms with E-state index in [-0.39, 0.29) is 11.6 Å². The Morgan fingerprint density at radius 3 is 2.71 bits per heavy atom. The van der Waals surface area contributed by atoms with Crippen molar-refractivity contribution in [2.24, 2.45) is 12.0 Å². The lowest BCUT2D eigenvalue weighted by atomic mass is 10.0. The fourth-order valence-electron chi connectivity index (χ4n) is 3.75. The molecule has 2 aromatic rings. The first-order valence-electron chi connectivity index (χ1n) is 9.88. The van der Waals surface area contributed by atoms with Crippen molar-refractivity contribution in [2.75, 3.05) is 6.54 Å². The van der Waals surface area contributed by atoms with Crippen LogP contribution in [0.25, 0.3) is 5.57 Å². The maximum Gasteiger partial charge on any atom is 0.266 e. The highest BCUT2D eigenvalue weighted by atomic mass is 19.3. The molecular weight excluding hydrogens is 407 g/mol. The van der Waals surface area contributed by atoms with E-state index in [2.05, 4.69) is 15.3 Å². The number of hydrogen-bond acceptors (Lipinski definition) is 4. The van der Waals surface area contributed by atoms with E-state index in [0.29, 0.717) is 23.6 Å². The summed E-state index contributed by atoms with van der Waals surface area (Å²) in [5.74, 6) is -0.946. The number of hydrogen-bond donors (Lipinski definition) is 1. The van der Waals surface area contributed by atoms with Gasteiger partial charge in [0.05, 0.1) is 35.2 Å². The number of allylic oxidation sites excluding steroid dienone is 2. The van der Waals surface area contributed by atoms with Gasteiger partial charge in [0.25, 0.3) is 12.3 Å². The number of carbonyl (C=O) groups is 1. The molecule has 1 N–H and O–H groups in total. The van der Waals surface area contributed by atoms with Crippen molar-refractivity contribution in [1.82, 2.24) is 19.8 Å². The summed E-state index contributed by atoms with van der Waals surface area (Å²) in [6, 6.07) is 2.97. The molecule has 2 aliphatic heterocycles.